The third kappa shape index (κ3) is 5.11. The molecular weight excluding hydrogens is 352 g/mol. The van der Waals surface area contributed by atoms with Gasteiger partial charge in [0.05, 0.1) is 12.1 Å². The van der Waals surface area contributed by atoms with Crippen LogP contribution in [0.25, 0.3) is 0 Å². The summed E-state index contributed by atoms with van der Waals surface area (Å²) in [4.78, 5) is 27.7. The number of benzene rings is 1. The predicted molar refractivity (Wildman–Crippen MR) is 111 cm³/mol. The van der Waals surface area contributed by atoms with Crippen LogP contribution in [-0.2, 0) is 16.1 Å². The van der Waals surface area contributed by atoms with E-state index in [1.54, 1.807) is 0 Å². The first kappa shape index (κ1) is 20.8. The number of nitrogens with zero attached hydrogens (tertiary/aromatic N) is 1. The van der Waals surface area contributed by atoms with E-state index in [4.69, 9.17) is 0 Å². The summed E-state index contributed by atoms with van der Waals surface area (Å²) in [6.45, 7) is 3.34. The van der Waals surface area contributed by atoms with Gasteiger partial charge in [0.1, 0.15) is 0 Å². The maximum atomic E-state index is 12.9. The number of fused-ring (bicyclic) bond motifs is 1. The molecule has 2 saturated heterocycles. The fourth-order valence-electron chi connectivity index (χ4n) is 4.59. The number of hydrogen-bond donors (Lipinski definition) is 3. The Labute approximate surface area is 168 Å². The van der Waals surface area contributed by atoms with Crippen molar-refractivity contribution in [3.8, 4) is 0 Å². The van der Waals surface area contributed by atoms with Gasteiger partial charge in [-0.2, -0.15) is 0 Å². The van der Waals surface area contributed by atoms with Crippen molar-refractivity contribution in [3.63, 3.8) is 0 Å². The van der Waals surface area contributed by atoms with Gasteiger partial charge >= 0.3 is 0 Å². The Kier molecular flexibility index (Phi) is 7.45. The number of hydrogen-bond acceptors (Lipinski definition) is 4. The number of rotatable bonds is 7. The number of amides is 2. The zero-order chi connectivity index (χ0) is 19.9. The van der Waals surface area contributed by atoms with Crippen LogP contribution >= 0.6 is 0 Å². The molecule has 0 aliphatic carbocycles. The summed E-state index contributed by atoms with van der Waals surface area (Å²) in [6, 6.07) is 10.4. The van der Waals surface area contributed by atoms with Crippen molar-refractivity contribution < 1.29 is 9.59 Å². The molecule has 154 valence electrons. The van der Waals surface area contributed by atoms with E-state index in [0.717, 1.165) is 50.6 Å². The van der Waals surface area contributed by atoms with E-state index in [2.05, 4.69) is 20.9 Å². The minimum atomic E-state index is -0.150. The van der Waals surface area contributed by atoms with Crippen LogP contribution in [0.1, 0.15) is 51.0 Å². The standard InChI is InChI=1S/C22H34N4O2/c1-3-19(23-2)21(27)25-17-10-7-11-18-12-13-20(26(18)15-17)22(28)24-14-16-8-5-4-6-9-16/h4-6,8-9,17-20,23H,3,7,10-15H2,1-2H3,(H,24,28)(H,25,27)/t17-,18-,19-,20-/m0/s1. The second-order valence-electron chi connectivity index (χ2n) is 8.03. The molecule has 0 saturated carbocycles. The highest BCUT2D eigenvalue weighted by Gasteiger charge is 2.40. The molecule has 0 bridgehead atoms. The molecule has 1 aromatic rings. The van der Waals surface area contributed by atoms with Crippen LogP contribution in [-0.4, -0.2) is 54.5 Å². The van der Waals surface area contributed by atoms with E-state index in [-0.39, 0.29) is 29.9 Å². The van der Waals surface area contributed by atoms with Crippen molar-refractivity contribution >= 4 is 11.8 Å². The van der Waals surface area contributed by atoms with Crippen LogP contribution in [0.2, 0.25) is 0 Å². The van der Waals surface area contributed by atoms with E-state index >= 15 is 0 Å². The zero-order valence-corrected chi connectivity index (χ0v) is 17.1. The van der Waals surface area contributed by atoms with Crippen LogP contribution in [0.15, 0.2) is 30.3 Å². The molecule has 2 amide bonds. The van der Waals surface area contributed by atoms with Crippen molar-refractivity contribution in [1.82, 2.24) is 20.9 Å². The molecule has 3 rings (SSSR count). The molecule has 2 fully saturated rings. The number of carbonyl (C=O) groups is 2. The smallest absolute Gasteiger partial charge is 0.237 e. The van der Waals surface area contributed by atoms with Crippen molar-refractivity contribution in [2.24, 2.45) is 0 Å². The van der Waals surface area contributed by atoms with Crippen molar-refractivity contribution in [2.45, 2.75) is 76.2 Å². The first-order chi connectivity index (χ1) is 13.6. The first-order valence-electron chi connectivity index (χ1n) is 10.7. The van der Waals surface area contributed by atoms with Crippen molar-refractivity contribution in [1.29, 1.82) is 0 Å². The highest BCUT2D eigenvalue weighted by atomic mass is 16.2. The van der Waals surface area contributed by atoms with E-state index in [1.807, 2.05) is 44.3 Å². The van der Waals surface area contributed by atoms with Crippen LogP contribution in [0.5, 0.6) is 0 Å². The Morgan fingerprint density at radius 3 is 2.64 bits per heavy atom. The molecule has 0 spiro atoms. The fraction of sp³-hybridized carbons (Fsp3) is 0.636. The monoisotopic (exact) mass is 386 g/mol. The van der Waals surface area contributed by atoms with Crippen molar-refractivity contribution in [3.05, 3.63) is 35.9 Å². The van der Waals surface area contributed by atoms with Crippen LogP contribution in [0.4, 0.5) is 0 Å². The molecule has 6 nitrogen and oxygen atoms in total. The van der Waals surface area contributed by atoms with Gasteiger partial charge in [-0.1, -0.05) is 37.3 Å². The molecule has 4 atom stereocenters. The SMILES string of the molecule is CC[C@H](NC)C(=O)N[C@H]1CCC[C@H]2CC[C@@H](C(=O)NCc3ccccc3)N2C1. The molecule has 28 heavy (non-hydrogen) atoms. The zero-order valence-electron chi connectivity index (χ0n) is 17.1. The molecule has 0 unspecified atom stereocenters. The average Bonchev–Trinajstić information content (AvgIpc) is 2.99. The molecule has 3 N–H and O–H groups in total. The Morgan fingerprint density at radius 1 is 1.14 bits per heavy atom. The summed E-state index contributed by atoms with van der Waals surface area (Å²) in [5.41, 5.74) is 1.11. The van der Waals surface area contributed by atoms with Gasteiger partial charge in [0.2, 0.25) is 11.8 Å². The van der Waals surface area contributed by atoms with E-state index in [9.17, 15) is 9.59 Å². The van der Waals surface area contributed by atoms with Crippen molar-refractivity contribution in [2.75, 3.05) is 13.6 Å². The Balaban J connectivity index is 1.58. The van der Waals surface area contributed by atoms with E-state index in [0.29, 0.717) is 12.6 Å². The normalized spacial score (nSPS) is 26.1. The molecule has 6 heteroatoms. The second-order valence-corrected chi connectivity index (χ2v) is 8.03. The van der Waals surface area contributed by atoms with Gasteiger partial charge in [0.25, 0.3) is 0 Å². The summed E-state index contributed by atoms with van der Waals surface area (Å²) in [6.07, 6.45) is 5.93. The Bertz CT molecular complexity index is 647. The topological polar surface area (TPSA) is 73.5 Å². The van der Waals surface area contributed by atoms with Gasteiger partial charge in [0, 0.05) is 25.2 Å². The third-order valence-corrected chi connectivity index (χ3v) is 6.20. The Hall–Kier alpha value is -1.92. The maximum Gasteiger partial charge on any atom is 0.237 e. The van der Waals surface area contributed by atoms with Crippen LogP contribution < -0.4 is 16.0 Å². The number of likely N-dealkylation sites (N-methyl/N-ethyl adjacent to an activating group) is 1. The summed E-state index contributed by atoms with van der Waals surface area (Å²) in [5, 5.41) is 9.40. The number of carbonyl (C=O) groups excluding carboxylic acids is 2. The molecule has 2 aliphatic rings. The lowest BCUT2D eigenvalue weighted by Crippen LogP contribution is -2.53. The van der Waals surface area contributed by atoms with E-state index < -0.39 is 0 Å². The minimum Gasteiger partial charge on any atom is -0.351 e. The summed E-state index contributed by atoms with van der Waals surface area (Å²) >= 11 is 0. The second kappa shape index (κ2) is 10.0. The number of nitrogens with one attached hydrogen (secondary N) is 3. The summed E-state index contributed by atoms with van der Waals surface area (Å²) < 4.78 is 0. The van der Waals surface area contributed by atoms with Gasteiger partial charge in [-0.25, -0.2) is 0 Å². The molecule has 1 aromatic carbocycles. The highest BCUT2D eigenvalue weighted by molar-refractivity contribution is 5.82. The molecule has 0 radical (unpaired) electrons. The lowest BCUT2D eigenvalue weighted by atomic mass is 10.1. The molecule has 2 heterocycles. The average molecular weight is 387 g/mol. The van der Waals surface area contributed by atoms with E-state index in [1.165, 1.54) is 0 Å². The Morgan fingerprint density at radius 2 is 1.93 bits per heavy atom. The fourth-order valence-corrected chi connectivity index (χ4v) is 4.59. The van der Waals surface area contributed by atoms with Crippen LogP contribution in [0, 0.1) is 0 Å². The largest absolute Gasteiger partial charge is 0.351 e. The lowest BCUT2D eigenvalue weighted by molar-refractivity contribution is -0.126. The van der Waals surface area contributed by atoms with Gasteiger partial charge in [-0.15, -0.1) is 0 Å². The molecular formula is C22H34N4O2. The summed E-state index contributed by atoms with van der Waals surface area (Å²) in [5.74, 6) is 0.178. The molecule has 2 aliphatic heterocycles. The highest BCUT2D eigenvalue weighted by Crippen LogP contribution is 2.31. The van der Waals surface area contributed by atoms with Gasteiger partial charge < -0.3 is 16.0 Å². The first-order valence-corrected chi connectivity index (χ1v) is 10.7. The molecule has 0 aromatic heterocycles. The van der Waals surface area contributed by atoms with Gasteiger partial charge in [-0.3, -0.25) is 14.5 Å². The summed E-state index contributed by atoms with van der Waals surface area (Å²) in [7, 11) is 1.82. The predicted octanol–water partition coefficient (Wildman–Crippen LogP) is 1.80. The lowest BCUT2D eigenvalue weighted by Gasteiger charge is -2.31. The third-order valence-electron chi connectivity index (χ3n) is 6.20. The van der Waals surface area contributed by atoms with Crippen LogP contribution in [0.3, 0.4) is 0 Å². The maximum absolute atomic E-state index is 12.9. The quantitative estimate of drug-likeness (QED) is 0.668. The van der Waals surface area contributed by atoms with Gasteiger partial charge in [0.15, 0.2) is 0 Å². The minimum absolute atomic E-state index is 0.0673. The van der Waals surface area contributed by atoms with Gasteiger partial charge in [-0.05, 0) is 51.1 Å².